The van der Waals surface area contributed by atoms with Crippen LogP contribution in [0.15, 0.2) is 0 Å². The number of carbonyl (C=O) groups is 1. The van der Waals surface area contributed by atoms with Crippen LogP contribution in [0.25, 0.3) is 0 Å². The normalized spacial score (nSPS) is 18.8. The van der Waals surface area contributed by atoms with E-state index < -0.39 is 6.04 Å². The van der Waals surface area contributed by atoms with E-state index in [1.165, 1.54) is 12.8 Å². The molecule has 5 heteroatoms. The van der Waals surface area contributed by atoms with E-state index in [2.05, 4.69) is 5.32 Å². The molecule has 1 fully saturated rings. The summed E-state index contributed by atoms with van der Waals surface area (Å²) in [5.41, 5.74) is 5.77. The zero-order chi connectivity index (χ0) is 11.4. The minimum atomic E-state index is -0.414. The summed E-state index contributed by atoms with van der Waals surface area (Å²) in [6.07, 6.45) is 2.37. The van der Waals surface area contributed by atoms with Gasteiger partial charge in [-0.1, -0.05) is 13.8 Å². The van der Waals surface area contributed by atoms with Crippen molar-refractivity contribution in [2.75, 3.05) is 13.7 Å². The van der Waals surface area contributed by atoms with Crippen molar-refractivity contribution < 1.29 is 9.53 Å². The van der Waals surface area contributed by atoms with Gasteiger partial charge in [0.15, 0.2) is 0 Å². The Labute approximate surface area is 104 Å². The molecule has 1 amide bonds. The van der Waals surface area contributed by atoms with Gasteiger partial charge in [0.2, 0.25) is 5.91 Å². The second kappa shape index (κ2) is 7.09. The van der Waals surface area contributed by atoms with E-state index in [0.29, 0.717) is 12.5 Å². The molecule has 3 N–H and O–H groups in total. The van der Waals surface area contributed by atoms with Gasteiger partial charge < -0.3 is 15.8 Å². The van der Waals surface area contributed by atoms with Crippen LogP contribution in [0.4, 0.5) is 0 Å². The number of methoxy groups -OCH3 is 1. The smallest absolute Gasteiger partial charge is 0.237 e. The minimum absolute atomic E-state index is 0. The van der Waals surface area contributed by atoms with Crippen molar-refractivity contribution in [3.05, 3.63) is 0 Å². The Morgan fingerprint density at radius 1 is 1.50 bits per heavy atom. The molecule has 16 heavy (non-hydrogen) atoms. The molecule has 96 valence electrons. The molecule has 1 aliphatic rings. The Bertz CT molecular complexity index is 220. The highest BCUT2D eigenvalue weighted by molar-refractivity contribution is 5.85. The van der Waals surface area contributed by atoms with E-state index in [4.69, 9.17) is 10.5 Å². The average Bonchev–Trinajstić information content (AvgIpc) is 2.98. The molecule has 0 aromatic heterocycles. The van der Waals surface area contributed by atoms with Gasteiger partial charge in [0.25, 0.3) is 0 Å². The summed E-state index contributed by atoms with van der Waals surface area (Å²) < 4.78 is 5.09. The van der Waals surface area contributed by atoms with Crippen molar-refractivity contribution in [1.29, 1.82) is 0 Å². The van der Waals surface area contributed by atoms with Gasteiger partial charge >= 0.3 is 0 Å². The topological polar surface area (TPSA) is 64.3 Å². The third kappa shape index (κ3) is 4.68. The molecule has 1 rings (SSSR count). The van der Waals surface area contributed by atoms with Crippen LogP contribution < -0.4 is 11.1 Å². The lowest BCUT2D eigenvalue weighted by Gasteiger charge is -2.21. The van der Waals surface area contributed by atoms with Crippen LogP contribution in [-0.2, 0) is 9.53 Å². The number of carbonyl (C=O) groups excluding carboxylic acids is 1. The zero-order valence-corrected chi connectivity index (χ0v) is 11.0. The lowest BCUT2D eigenvalue weighted by Crippen LogP contribution is -2.49. The summed E-state index contributed by atoms with van der Waals surface area (Å²) in [6, 6.07) is -0.268. The number of halogens is 1. The van der Waals surface area contributed by atoms with Crippen LogP contribution in [-0.4, -0.2) is 31.7 Å². The van der Waals surface area contributed by atoms with Gasteiger partial charge in [0.05, 0.1) is 18.7 Å². The lowest BCUT2D eigenvalue weighted by molar-refractivity contribution is -0.124. The number of rotatable bonds is 6. The summed E-state index contributed by atoms with van der Waals surface area (Å²) >= 11 is 0. The summed E-state index contributed by atoms with van der Waals surface area (Å²) in [6.45, 7) is 4.49. The molecule has 0 aromatic rings. The third-order valence-electron chi connectivity index (χ3n) is 2.89. The second-order valence-electron chi connectivity index (χ2n) is 4.68. The fourth-order valence-electron chi connectivity index (χ4n) is 1.56. The molecule has 0 spiro atoms. The van der Waals surface area contributed by atoms with Crippen LogP contribution in [0, 0.1) is 11.8 Å². The average molecular weight is 251 g/mol. The highest BCUT2D eigenvalue weighted by Crippen LogP contribution is 2.32. The van der Waals surface area contributed by atoms with Crippen molar-refractivity contribution in [3.8, 4) is 0 Å². The summed E-state index contributed by atoms with van der Waals surface area (Å²) in [5.74, 6) is 0.708. The largest absolute Gasteiger partial charge is 0.383 e. The molecule has 0 heterocycles. The van der Waals surface area contributed by atoms with E-state index in [0.717, 1.165) is 0 Å². The van der Waals surface area contributed by atoms with Gasteiger partial charge in [-0.05, 0) is 24.7 Å². The summed E-state index contributed by atoms with van der Waals surface area (Å²) in [7, 11) is 1.66. The molecule has 4 nitrogen and oxygen atoms in total. The zero-order valence-electron chi connectivity index (χ0n) is 10.2. The van der Waals surface area contributed by atoms with E-state index in [1.54, 1.807) is 7.11 Å². The van der Waals surface area contributed by atoms with Crippen molar-refractivity contribution >= 4 is 18.3 Å². The fraction of sp³-hybridized carbons (Fsp3) is 0.909. The molecule has 1 unspecified atom stereocenters. The Morgan fingerprint density at radius 2 is 2.06 bits per heavy atom. The predicted molar refractivity (Wildman–Crippen MR) is 66.6 cm³/mol. The summed E-state index contributed by atoms with van der Waals surface area (Å²) in [4.78, 5) is 11.7. The predicted octanol–water partition coefficient (Wildman–Crippen LogP) is 0.933. The molecule has 0 radical (unpaired) electrons. The van der Waals surface area contributed by atoms with Gasteiger partial charge in [0, 0.05) is 7.11 Å². The Morgan fingerprint density at radius 3 is 2.44 bits per heavy atom. The standard InChI is InChI=1S/C11H22N2O2.ClH/c1-7(2)10(12)11(14)13-9(6-15-3)8-4-5-8;/h7-10H,4-6,12H2,1-3H3,(H,13,14);1H/t9?,10-;/m1./s1. The van der Waals surface area contributed by atoms with E-state index in [9.17, 15) is 4.79 Å². The minimum Gasteiger partial charge on any atom is -0.383 e. The second-order valence-corrected chi connectivity index (χ2v) is 4.68. The Hall–Kier alpha value is -0.320. The lowest BCUT2D eigenvalue weighted by atomic mass is 10.0. The first kappa shape index (κ1) is 15.7. The first-order valence-corrected chi connectivity index (χ1v) is 5.61. The van der Waals surface area contributed by atoms with E-state index in [-0.39, 0.29) is 30.3 Å². The monoisotopic (exact) mass is 250 g/mol. The number of hydrogen-bond donors (Lipinski definition) is 2. The number of nitrogens with one attached hydrogen (secondary N) is 1. The van der Waals surface area contributed by atoms with Crippen LogP contribution >= 0.6 is 12.4 Å². The van der Waals surface area contributed by atoms with Gasteiger partial charge in [-0.25, -0.2) is 0 Å². The van der Waals surface area contributed by atoms with Gasteiger partial charge in [-0.2, -0.15) is 0 Å². The van der Waals surface area contributed by atoms with E-state index >= 15 is 0 Å². The Kier molecular flexibility index (Phi) is 6.95. The van der Waals surface area contributed by atoms with Crippen LogP contribution in [0.1, 0.15) is 26.7 Å². The van der Waals surface area contributed by atoms with Gasteiger partial charge in [-0.3, -0.25) is 4.79 Å². The Balaban J connectivity index is 0.00000225. The van der Waals surface area contributed by atoms with Crippen LogP contribution in [0.2, 0.25) is 0 Å². The van der Waals surface area contributed by atoms with Crippen molar-refractivity contribution in [1.82, 2.24) is 5.32 Å². The molecule has 0 bridgehead atoms. The van der Waals surface area contributed by atoms with Crippen molar-refractivity contribution in [3.63, 3.8) is 0 Å². The highest BCUT2D eigenvalue weighted by Gasteiger charge is 2.33. The molecular formula is C11H23ClN2O2. The maximum atomic E-state index is 11.7. The van der Waals surface area contributed by atoms with Gasteiger partial charge in [0.1, 0.15) is 0 Å². The maximum absolute atomic E-state index is 11.7. The van der Waals surface area contributed by atoms with E-state index in [1.807, 2.05) is 13.8 Å². The van der Waals surface area contributed by atoms with Gasteiger partial charge in [-0.15, -0.1) is 12.4 Å². The molecule has 0 saturated heterocycles. The summed E-state index contributed by atoms with van der Waals surface area (Å²) in [5, 5.41) is 2.97. The molecule has 2 atom stereocenters. The molecule has 1 saturated carbocycles. The number of amides is 1. The van der Waals surface area contributed by atoms with Crippen LogP contribution in [0.3, 0.4) is 0 Å². The first-order chi connectivity index (χ1) is 7.06. The molecular weight excluding hydrogens is 228 g/mol. The van der Waals surface area contributed by atoms with Crippen LogP contribution in [0.5, 0.6) is 0 Å². The maximum Gasteiger partial charge on any atom is 0.237 e. The highest BCUT2D eigenvalue weighted by atomic mass is 35.5. The quantitative estimate of drug-likeness (QED) is 0.737. The fourth-order valence-corrected chi connectivity index (χ4v) is 1.56. The SMILES string of the molecule is COCC(NC(=O)[C@H](N)C(C)C)C1CC1.Cl. The molecule has 1 aliphatic carbocycles. The first-order valence-electron chi connectivity index (χ1n) is 5.61. The molecule has 0 aromatic carbocycles. The number of nitrogens with two attached hydrogens (primary N) is 1. The number of ether oxygens (including phenoxy) is 1. The van der Waals surface area contributed by atoms with Crippen molar-refractivity contribution in [2.45, 2.75) is 38.8 Å². The third-order valence-corrected chi connectivity index (χ3v) is 2.89. The van der Waals surface area contributed by atoms with Crippen molar-refractivity contribution in [2.24, 2.45) is 17.6 Å². The number of hydrogen-bond acceptors (Lipinski definition) is 3. The molecule has 0 aliphatic heterocycles.